The van der Waals surface area contributed by atoms with Gasteiger partial charge in [0.2, 0.25) is 5.91 Å². The molecule has 3 N–H and O–H groups in total. The van der Waals surface area contributed by atoms with Gasteiger partial charge in [0.1, 0.15) is 36.1 Å². The van der Waals surface area contributed by atoms with Crippen molar-refractivity contribution in [1.82, 2.24) is 15.2 Å². The van der Waals surface area contributed by atoms with Gasteiger partial charge >= 0.3 is 12.1 Å². The van der Waals surface area contributed by atoms with Gasteiger partial charge in [0.15, 0.2) is 11.9 Å². The van der Waals surface area contributed by atoms with Gasteiger partial charge in [0, 0.05) is 36.9 Å². The normalized spacial score (nSPS) is 39.7. The zero-order valence-electron chi connectivity index (χ0n) is 35.7. The number of carbonyl (C=O) groups is 4. The predicted octanol–water partition coefficient (Wildman–Crippen LogP) is 3.60. The molecule has 5 heterocycles. The summed E-state index contributed by atoms with van der Waals surface area (Å²) in [5.74, 6) is -3.58. The van der Waals surface area contributed by atoms with Crippen LogP contribution in [0.25, 0.3) is 0 Å². The van der Waals surface area contributed by atoms with Crippen molar-refractivity contribution in [3.8, 4) is 0 Å². The molecule has 4 saturated heterocycles. The van der Waals surface area contributed by atoms with E-state index < -0.39 is 83.7 Å². The molecule has 0 saturated carbocycles. The van der Waals surface area contributed by atoms with E-state index in [1.165, 1.54) is 6.92 Å². The Bertz CT molecular complexity index is 1680. The third-order valence-electron chi connectivity index (χ3n) is 12.2. The number of rotatable bonds is 8. The minimum Gasteiger partial charge on any atom is -0.458 e. The fraction of sp³-hybridized carbons (Fsp3) is 0.756. The molecule has 4 fully saturated rings. The number of hydrogen-bond donors (Lipinski definition) is 3. The number of esters is 1. The first-order valence-corrected chi connectivity index (χ1v) is 20.3. The van der Waals surface area contributed by atoms with Crippen molar-refractivity contribution < 1.29 is 57.5 Å². The highest BCUT2D eigenvalue weighted by molar-refractivity contribution is 5.88. The van der Waals surface area contributed by atoms with Crippen LogP contribution in [0.15, 0.2) is 23.5 Å². The second-order valence-corrected chi connectivity index (χ2v) is 17.1. The lowest BCUT2D eigenvalue weighted by Gasteiger charge is -2.48. The zero-order chi connectivity index (χ0) is 42.7. The van der Waals surface area contributed by atoms with Gasteiger partial charge < -0.3 is 53.9 Å². The summed E-state index contributed by atoms with van der Waals surface area (Å²) < 4.78 is 38.6. The molecule has 58 heavy (non-hydrogen) atoms. The van der Waals surface area contributed by atoms with Crippen LogP contribution in [0.1, 0.15) is 87.1 Å². The molecule has 0 radical (unpaired) electrons. The van der Waals surface area contributed by atoms with Crippen molar-refractivity contribution in [3.63, 3.8) is 0 Å². The van der Waals surface area contributed by atoms with E-state index in [1.807, 2.05) is 53.6 Å². The summed E-state index contributed by atoms with van der Waals surface area (Å²) >= 11 is 0. The standard InChI is InChI=1S/C41H63N5O12/c1-12-30-41(9)35(44-39(51)58-41)23(4)32(48)21(2)17-40(8)36(57-38-33(49)29(46(10)11)15-22(3)55-38)24(5)34(25(6)37(50)56-30)52-19-28(20-53-40)45-54-18-27-13-14-42-31(16-27)43-26(7)47/h13-14,16,21-25,29-30,33-36,38,49H,12,15,17-20H2,1-11H3,(H,44,51)(H,42,43,47)/b45-28+/t21-,22-,23+,24+,25-,29+,30-,33-,34+,35-,36-,38+,40-,41-/m1/s1. The molecule has 14 atom stereocenters. The van der Waals surface area contributed by atoms with Crippen molar-refractivity contribution in [2.24, 2.45) is 28.8 Å². The summed E-state index contributed by atoms with van der Waals surface area (Å²) in [6, 6.07) is 2.33. The van der Waals surface area contributed by atoms with E-state index in [1.54, 1.807) is 39.1 Å². The number of hydrogen-bond acceptors (Lipinski definition) is 15. The smallest absolute Gasteiger partial charge is 0.408 e. The number of nitrogens with one attached hydrogen (secondary N) is 2. The quantitative estimate of drug-likeness (QED) is 0.253. The van der Waals surface area contributed by atoms with Crippen LogP contribution in [0.2, 0.25) is 0 Å². The van der Waals surface area contributed by atoms with Crippen LogP contribution in [0.4, 0.5) is 10.6 Å². The lowest BCUT2D eigenvalue weighted by Crippen LogP contribution is -2.60. The number of nitrogens with zero attached hydrogens (tertiary/aromatic N) is 3. The maximum Gasteiger partial charge on any atom is 0.408 e. The van der Waals surface area contributed by atoms with Crippen molar-refractivity contribution in [2.75, 3.05) is 32.6 Å². The Labute approximate surface area is 341 Å². The van der Waals surface area contributed by atoms with Gasteiger partial charge in [-0.05, 0) is 78.7 Å². The topological polar surface area (TPSA) is 206 Å². The molecule has 0 aliphatic carbocycles. The number of aliphatic hydroxyl groups excluding tert-OH is 1. The maximum absolute atomic E-state index is 14.5. The van der Waals surface area contributed by atoms with Gasteiger partial charge in [-0.2, -0.15) is 0 Å². The predicted molar refractivity (Wildman–Crippen MR) is 210 cm³/mol. The molecule has 5 rings (SSSR count). The summed E-state index contributed by atoms with van der Waals surface area (Å²) in [4.78, 5) is 65.1. The summed E-state index contributed by atoms with van der Waals surface area (Å²) in [7, 11) is 3.78. The number of aliphatic hydroxyl groups is 1. The second kappa shape index (κ2) is 18.7. The van der Waals surface area contributed by atoms with E-state index in [2.05, 4.69) is 20.8 Å². The molecular formula is C41H63N5O12. The molecule has 0 aromatic carbocycles. The molecule has 4 aliphatic rings. The molecule has 324 valence electrons. The third kappa shape index (κ3) is 9.99. The van der Waals surface area contributed by atoms with Crippen molar-refractivity contribution in [2.45, 2.75) is 148 Å². The number of likely N-dealkylation sites (N-methyl/N-ethyl adjacent to an activating group) is 1. The average Bonchev–Trinajstić information content (AvgIpc) is 3.49. The number of fused-ring (bicyclic) bond motifs is 4. The van der Waals surface area contributed by atoms with Gasteiger partial charge in [-0.15, -0.1) is 0 Å². The number of aromatic nitrogens is 1. The van der Waals surface area contributed by atoms with Crippen molar-refractivity contribution >= 4 is 35.3 Å². The van der Waals surface area contributed by atoms with E-state index in [0.717, 1.165) is 0 Å². The molecule has 2 bridgehead atoms. The maximum atomic E-state index is 14.5. The number of amides is 2. The molecule has 2 amide bonds. The Hall–Kier alpha value is -3.74. The highest BCUT2D eigenvalue weighted by Gasteiger charge is 2.57. The van der Waals surface area contributed by atoms with Crippen LogP contribution < -0.4 is 10.6 Å². The lowest BCUT2D eigenvalue weighted by atomic mass is 9.73. The third-order valence-corrected chi connectivity index (χ3v) is 12.2. The number of ketones is 1. The highest BCUT2D eigenvalue weighted by Crippen LogP contribution is 2.42. The van der Waals surface area contributed by atoms with Gasteiger partial charge in [-0.1, -0.05) is 32.9 Å². The first-order valence-electron chi connectivity index (χ1n) is 20.3. The lowest BCUT2D eigenvalue weighted by molar-refractivity contribution is -0.302. The fourth-order valence-corrected chi connectivity index (χ4v) is 9.11. The first kappa shape index (κ1) is 45.3. The first-order chi connectivity index (χ1) is 27.3. The van der Waals surface area contributed by atoms with Crippen LogP contribution in [0.5, 0.6) is 0 Å². The highest BCUT2D eigenvalue weighted by atomic mass is 16.7. The van der Waals surface area contributed by atoms with Crippen LogP contribution in [0, 0.1) is 23.7 Å². The number of cyclic esters (lactones) is 1. The van der Waals surface area contributed by atoms with Gasteiger partial charge in [0.25, 0.3) is 0 Å². The minimum atomic E-state index is -1.34. The molecule has 0 unspecified atom stereocenters. The molecular weight excluding hydrogens is 754 g/mol. The summed E-state index contributed by atoms with van der Waals surface area (Å²) in [6.45, 7) is 15.7. The number of ether oxygens (including phenoxy) is 6. The van der Waals surface area contributed by atoms with E-state index in [4.69, 9.17) is 33.3 Å². The van der Waals surface area contributed by atoms with Crippen molar-refractivity contribution in [1.29, 1.82) is 0 Å². The second-order valence-electron chi connectivity index (χ2n) is 17.1. The molecule has 1 aromatic heterocycles. The van der Waals surface area contributed by atoms with E-state index in [0.29, 0.717) is 29.9 Å². The van der Waals surface area contributed by atoms with Crippen LogP contribution in [-0.2, 0) is 54.2 Å². The SMILES string of the molecule is CC[C@H]1OC(=O)[C@H](C)[C@H]2OC/C(=N\OCc3ccnc(NC(C)=O)c3)CO[C@](C)(C[C@@H](C)C(=O)[C@H](C)[C@H]3NC(=O)O[C@@]31C)[C@H](O[C@@H]1O[C@H](C)C[C@H](N(C)C)[C@H]1O)[C@H]2C. The van der Waals surface area contributed by atoms with E-state index in [9.17, 15) is 24.3 Å². The van der Waals surface area contributed by atoms with Crippen molar-refractivity contribution in [3.05, 3.63) is 23.9 Å². The van der Waals surface area contributed by atoms with Gasteiger partial charge in [0.05, 0.1) is 49.1 Å². The fourth-order valence-electron chi connectivity index (χ4n) is 9.11. The Morgan fingerprint density at radius 3 is 2.52 bits per heavy atom. The molecule has 1 aromatic rings. The monoisotopic (exact) mass is 817 g/mol. The molecule has 17 heteroatoms. The molecule has 0 spiro atoms. The number of Topliss-reactive ketones (excluding diaryl/α,β-unsaturated/α-hetero) is 1. The Morgan fingerprint density at radius 2 is 1.84 bits per heavy atom. The Morgan fingerprint density at radius 1 is 1.12 bits per heavy atom. The number of alkyl carbamates (subject to hydrolysis) is 1. The largest absolute Gasteiger partial charge is 0.458 e. The summed E-state index contributed by atoms with van der Waals surface area (Å²) in [5.41, 5.74) is -1.57. The summed E-state index contributed by atoms with van der Waals surface area (Å²) in [5, 5.41) is 21.5. The Kier molecular flexibility index (Phi) is 14.6. The zero-order valence-corrected chi connectivity index (χ0v) is 35.7. The van der Waals surface area contributed by atoms with Crippen LogP contribution in [0.3, 0.4) is 0 Å². The molecule has 4 aliphatic heterocycles. The Balaban J connectivity index is 1.57. The van der Waals surface area contributed by atoms with E-state index >= 15 is 0 Å². The van der Waals surface area contributed by atoms with Crippen LogP contribution in [-0.4, -0.2) is 132 Å². The van der Waals surface area contributed by atoms with Gasteiger partial charge in [-0.3, -0.25) is 14.4 Å². The van der Waals surface area contributed by atoms with Crippen LogP contribution >= 0.6 is 0 Å². The molecule has 17 nitrogen and oxygen atoms in total. The summed E-state index contributed by atoms with van der Waals surface area (Å²) in [6.07, 6.45) is -3.21. The average molecular weight is 818 g/mol. The number of carbonyl (C=O) groups excluding carboxylic acids is 4. The minimum absolute atomic E-state index is 0.0344. The van der Waals surface area contributed by atoms with Gasteiger partial charge in [-0.25, -0.2) is 9.78 Å². The number of pyridine rings is 1. The number of oxime groups is 1. The van der Waals surface area contributed by atoms with E-state index in [-0.39, 0.29) is 50.1 Å². The number of anilines is 1.